The Hall–Kier alpha value is -1.68. The normalized spacial score (nSPS) is 10.4. The van der Waals surface area contributed by atoms with Crippen LogP contribution in [-0.2, 0) is 13.1 Å². The molecule has 1 aromatic heterocycles. The summed E-state index contributed by atoms with van der Waals surface area (Å²) in [5.74, 6) is 0.923. The van der Waals surface area contributed by atoms with Gasteiger partial charge in [0.25, 0.3) is 0 Å². The maximum atomic E-state index is 4.23. The van der Waals surface area contributed by atoms with Crippen molar-refractivity contribution in [3.05, 3.63) is 55.1 Å². The van der Waals surface area contributed by atoms with Crippen LogP contribution in [0.4, 0.5) is 5.69 Å². The van der Waals surface area contributed by atoms with E-state index >= 15 is 0 Å². The minimum absolute atomic E-state index is 0.797. The lowest BCUT2D eigenvalue weighted by molar-refractivity contribution is 0.651. The van der Waals surface area contributed by atoms with Crippen LogP contribution < -0.4 is 5.32 Å². The van der Waals surface area contributed by atoms with Gasteiger partial charge in [-0.15, -0.1) is 18.3 Å². The first-order valence-electron chi connectivity index (χ1n) is 6.90. The highest BCUT2D eigenvalue weighted by molar-refractivity contribution is 7.99. The second-order valence-corrected chi connectivity index (χ2v) is 5.59. The van der Waals surface area contributed by atoms with Gasteiger partial charge in [-0.3, -0.25) is 0 Å². The molecule has 0 aliphatic heterocycles. The topological polar surface area (TPSA) is 29.9 Å². The molecule has 0 radical (unpaired) electrons. The summed E-state index contributed by atoms with van der Waals surface area (Å²) in [6, 6.07) is 8.38. The van der Waals surface area contributed by atoms with Crippen LogP contribution >= 0.6 is 11.8 Å². The number of benzene rings is 1. The third-order valence-corrected chi connectivity index (χ3v) is 4.04. The highest BCUT2D eigenvalue weighted by atomic mass is 32.2. The summed E-state index contributed by atoms with van der Waals surface area (Å²) in [6.07, 6.45) is 6.88. The predicted molar refractivity (Wildman–Crippen MR) is 87.2 cm³/mol. The van der Waals surface area contributed by atoms with Crippen molar-refractivity contribution < 1.29 is 0 Å². The molecule has 20 heavy (non-hydrogen) atoms. The lowest BCUT2D eigenvalue weighted by Gasteiger charge is -2.12. The van der Waals surface area contributed by atoms with E-state index in [2.05, 4.69) is 52.6 Å². The monoisotopic (exact) mass is 287 g/mol. The lowest BCUT2D eigenvalue weighted by atomic mass is 10.3. The molecule has 106 valence electrons. The van der Waals surface area contributed by atoms with E-state index < -0.39 is 0 Å². The van der Waals surface area contributed by atoms with Crippen LogP contribution in [-0.4, -0.2) is 15.3 Å². The number of aryl methyl sites for hydroxylation is 1. The molecule has 4 heteroatoms. The largest absolute Gasteiger partial charge is 0.379 e. The third-order valence-electron chi connectivity index (χ3n) is 2.97. The molecule has 2 rings (SSSR count). The molecular formula is C16H21N3S. The Labute approximate surface area is 125 Å². The molecule has 0 fully saturated rings. The zero-order valence-electron chi connectivity index (χ0n) is 11.9. The first-order valence-corrected chi connectivity index (χ1v) is 7.89. The molecule has 0 atom stereocenters. The van der Waals surface area contributed by atoms with Crippen molar-refractivity contribution in [2.45, 2.75) is 31.3 Å². The number of para-hydroxylation sites is 1. The summed E-state index contributed by atoms with van der Waals surface area (Å²) in [7, 11) is 0. The fourth-order valence-corrected chi connectivity index (χ4v) is 2.78. The Balaban J connectivity index is 2.02. The van der Waals surface area contributed by atoms with E-state index in [-0.39, 0.29) is 0 Å². The van der Waals surface area contributed by atoms with E-state index in [1.165, 1.54) is 16.3 Å². The van der Waals surface area contributed by atoms with Crippen LogP contribution in [0.25, 0.3) is 0 Å². The Morgan fingerprint density at radius 1 is 1.40 bits per heavy atom. The molecule has 1 aromatic carbocycles. The van der Waals surface area contributed by atoms with Gasteiger partial charge in [0, 0.05) is 29.1 Å². The van der Waals surface area contributed by atoms with Crippen molar-refractivity contribution in [2.24, 2.45) is 0 Å². The fraction of sp³-hybridized carbons (Fsp3) is 0.312. The number of rotatable bonds is 8. The molecule has 3 nitrogen and oxygen atoms in total. The number of hydrogen-bond donors (Lipinski definition) is 1. The third kappa shape index (κ3) is 3.90. The number of anilines is 1. The van der Waals surface area contributed by atoms with Gasteiger partial charge in [-0.05, 0) is 18.6 Å². The van der Waals surface area contributed by atoms with Crippen LogP contribution in [0.2, 0.25) is 0 Å². The number of hydrogen-bond acceptors (Lipinski definition) is 3. The van der Waals surface area contributed by atoms with Crippen molar-refractivity contribution in [1.82, 2.24) is 9.55 Å². The molecule has 2 aromatic rings. The molecule has 0 aliphatic carbocycles. The minimum atomic E-state index is 0.797. The van der Waals surface area contributed by atoms with E-state index in [1.807, 2.05) is 18.6 Å². The van der Waals surface area contributed by atoms with Crippen LogP contribution in [0.5, 0.6) is 0 Å². The quantitative estimate of drug-likeness (QED) is 0.583. The van der Waals surface area contributed by atoms with E-state index in [0.717, 1.165) is 25.3 Å². The van der Waals surface area contributed by atoms with Crippen LogP contribution in [0.1, 0.15) is 19.0 Å². The predicted octanol–water partition coefficient (Wildman–Crippen LogP) is 4.18. The Bertz CT molecular complexity index is 548. The van der Waals surface area contributed by atoms with Gasteiger partial charge in [0.2, 0.25) is 0 Å². The van der Waals surface area contributed by atoms with Crippen molar-refractivity contribution in [2.75, 3.05) is 11.1 Å². The Kier molecular flexibility index (Phi) is 5.74. The molecular weight excluding hydrogens is 266 g/mol. The van der Waals surface area contributed by atoms with E-state index in [1.54, 1.807) is 11.8 Å². The van der Waals surface area contributed by atoms with E-state index in [0.29, 0.717) is 0 Å². The molecule has 1 N–H and O–H groups in total. The highest BCUT2D eigenvalue weighted by Gasteiger charge is 2.04. The standard InChI is InChI=1S/C16H21N3S/c1-3-9-19-13-17-11-14(19)12-18-15-7-5-6-8-16(15)20-10-4-2/h4-8,11,13,18H,2-3,9-10,12H2,1H3. The minimum Gasteiger partial charge on any atom is -0.379 e. The maximum Gasteiger partial charge on any atom is 0.0948 e. The number of imidazole rings is 1. The summed E-state index contributed by atoms with van der Waals surface area (Å²) >= 11 is 1.80. The van der Waals surface area contributed by atoms with Crippen molar-refractivity contribution in [3.63, 3.8) is 0 Å². The smallest absolute Gasteiger partial charge is 0.0948 e. The van der Waals surface area contributed by atoms with Crippen molar-refractivity contribution in [3.8, 4) is 0 Å². The zero-order chi connectivity index (χ0) is 14.2. The fourth-order valence-electron chi connectivity index (χ4n) is 2.01. The average Bonchev–Trinajstić information content (AvgIpc) is 2.91. The first-order chi connectivity index (χ1) is 9.85. The number of nitrogens with zero attached hydrogens (tertiary/aromatic N) is 2. The molecule has 0 spiro atoms. The van der Waals surface area contributed by atoms with Gasteiger partial charge >= 0.3 is 0 Å². The number of aromatic nitrogens is 2. The molecule has 0 saturated carbocycles. The van der Waals surface area contributed by atoms with Gasteiger partial charge in [0.05, 0.1) is 18.6 Å². The molecule has 0 unspecified atom stereocenters. The van der Waals surface area contributed by atoms with E-state index in [9.17, 15) is 0 Å². The lowest BCUT2D eigenvalue weighted by Crippen LogP contribution is -2.07. The molecule has 0 bridgehead atoms. The average molecular weight is 287 g/mol. The second-order valence-electron chi connectivity index (χ2n) is 4.53. The highest BCUT2D eigenvalue weighted by Crippen LogP contribution is 2.27. The van der Waals surface area contributed by atoms with Crippen molar-refractivity contribution in [1.29, 1.82) is 0 Å². The second kappa shape index (κ2) is 7.80. The summed E-state index contributed by atoms with van der Waals surface area (Å²) in [4.78, 5) is 5.49. The van der Waals surface area contributed by atoms with Crippen LogP contribution in [0.3, 0.4) is 0 Å². The summed E-state index contributed by atoms with van der Waals surface area (Å²) in [5.41, 5.74) is 2.39. The summed E-state index contributed by atoms with van der Waals surface area (Å²) in [5, 5.41) is 3.51. The van der Waals surface area contributed by atoms with Crippen LogP contribution in [0, 0.1) is 0 Å². The van der Waals surface area contributed by atoms with Gasteiger partial charge in [0.15, 0.2) is 0 Å². The van der Waals surface area contributed by atoms with Crippen LogP contribution in [0.15, 0.2) is 54.3 Å². The molecule has 1 heterocycles. The Morgan fingerprint density at radius 2 is 2.25 bits per heavy atom. The molecule has 0 aliphatic rings. The van der Waals surface area contributed by atoms with Crippen molar-refractivity contribution >= 4 is 17.4 Å². The van der Waals surface area contributed by atoms with Gasteiger partial charge in [-0.1, -0.05) is 25.1 Å². The number of nitrogens with one attached hydrogen (secondary N) is 1. The van der Waals surface area contributed by atoms with Gasteiger partial charge in [-0.2, -0.15) is 0 Å². The Morgan fingerprint density at radius 3 is 3.05 bits per heavy atom. The molecule has 0 amide bonds. The summed E-state index contributed by atoms with van der Waals surface area (Å²) in [6.45, 7) is 7.77. The zero-order valence-corrected chi connectivity index (χ0v) is 12.7. The SMILES string of the molecule is C=CCSc1ccccc1NCc1cncn1CCC. The first kappa shape index (κ1) is 14.7. The summed E-state index contributed by atoms with van der Waals surface area (Å²) < 4.78 is 2.20. The van der Waals surface area contributed by atoms with Gasteiger partial charge in [-0.25, -0.2) is 4.98 Å². The van der Waals surface area contributed by atoms with Gasteiger partial charge in [0.1, 0.15) is 0 Å². The number of thioether (sulfide) groups is 1. The molecule has 0 saturated heterocycles. The maximum absolute atomic E-state index is 4.23. The van der Waals surface area contributed by atoms with Gasteiger partial charge < -0.3 is 9.88 Å². The van der Waals surface area contributed by atoms with E-state index in [4.69, 9.17) is 0 Å².